The first kappa shape index (κ1) is 21.3. The second-order valence-electron chi connectivity index (χ2n) is 6.64. The van der Waals surface area contributed by atoms with E-state index >= 15 is 0 Å². The number of aliphatic carboxylic acids is 1. The minimum atomic E-state index is -1.23. The van der Waals surface area contributed by atoms with Gasteiger partial charge in [-0.15, -0.1) is 0 Å². The van der Waals surface area contributed by atoms with Crippen molar-refractivity contribution >= 4 is 33.9 Å². The summed E-state index contributed by atoms with van der Waals surface area (Å²) < 4.78 is 6.36. The number of carboxylic acid groups (broad SMARTS) is 1. The highest BCUT2D eigenvalue weighted by Crippen LogP contribution is 2.18. The predicted octanol–water partition coefficient (Wildman–Crippen LogP) is 5.19. The van der Waals surface area contributed by atoms with Crippen molar-refractivity contribution in [3.63, 3.8) is 0 Å². The van der Waals surface area contributed by atoms with Crippen LogP contribution in [0.25, 0.3) is 6.08 Å². The number of hydrogen-bond acceptors (Lipinski definition) is 3. The van der Waals surface area contributed by atoms with Gasteiger partial charge in [-0.05, 0) is 64.3 Å². The van der Waals surface area contributed by atoms with Crippen molar-refractivity contribution in [1.82, 2.24) is 5.32 Å². The van der Waals surface area contributed by atoms with Crippen molar-refractivity contribution in [2.75, 3.05) is 0 Å². The van der Waals surface area contributed by atoms with Gasteiger partial charge in [0.15, 0.2) is 0 Å². The summed E-state index contributed by atoms with van der Waals surface area (Å²) in [5.41, 5.74) is 3.00. The molecule has 5 nitrogen and oxygen atoms in total. The normalized spacial score (nSPS) is 11.1. The van der Waals surface area contributed by atoms with E-state index in [0.717, 1.165) is 5.56 Å². The molecule has 6 heteroatoms. The quantitative estimate of drug-likeness (QED) is 0.470. The van der Waals surface area contributed by atoms with Gasteiger partial charge in [0.2, 0.25) is 0 Å². The third kappa shape index (κ3) is 5.81. The van der Waals surface area contributed by atoms with Crippen LogP contribution < -0.4 is 10.1 Å². The first-order valence-electron chi connectivity index (χ1n) is 9.21. The number of carboxylic acids is 1. The lowest BCUT2D eigenvalue weighted by atomic mass is 10.1. The smallest absolute Gasteiger partial charge is 0.352 e. The van der Waals surface area contributed by atoms with Crippen LogP contribution in [0.3, 0.4) is 0 Å². The maximum absolute atomic E-state index is 12.4. The Bertz CT molecular complexity index is 1090. The highest BCUT2D eigenvalue weighted by molar-refractivity contribution is 9.10. The molecular weight excluding hydrogens is 446 g/mol. The Kier molecular flexibility index (Phi) is 7.03. The van der Waals surface area contributed by atoms with Gasteiger partial charge in [-0.25, -0.2) is 4.79 Å². The zero-order valence-corrected chi connectivity index (χ0v) is 17.8. The summed E-state index contributed by atoms with van der Waals surface area (Å²) in [6.45, 7) is 2.47. The molecule has 0 aliphatic carbocycles. The molecule has 0 unspecified atom stereocenters. The lowest BCUT2D eigenvalue weighted by Crippen LogP contribution is -2.27. The fourth-order valence-corrected chi connectivity index (χ4v) is 3.25. The predicted molar refractivity (Wildman–Crippen MR) is 119 cm³/mol. The lowest BCUT2D eigenvalue weighted by Gasteiger charge is -2.09. The molecule has 0 aliphatic rings. The molecule has 0 bridgehead atoms. The van der Waals surface area contributed by atoms with Crippen molar-refractivity contribution in [2.24, 2.45) is 0 Å². The number of ether oxygens (including phenoxy) is 1. The SMILES string of the molecule is Cc1cccc(COc2ccc(/C=C(/NC(=O)c3ccccc3Br)C(=O)O)cc2)c1. The highest BCUT2D eigenvalue weighted by atomic mass is 79.9. The molecule has 1 amide bonds. The van der Waals surface area contributed by atoms with E-state index < -0.39 is 11.9 Å². The first-order chi connectivity index (χ1) is 14.4. The summed E-state index contributed by atoms with van der Waals surface area (Å²) in [4.78, 5) is 24.0. The van der Waals surface area contributed by atoms with Crippen LogP contribution in [-0.4, -0.2) is 17.0 Å². The van der Waals surface area contributed by atoms with Gasteiger partial charge in [0, 0.05) is 4.47 Å². The van der Waals surface area contributed by atoms with Crippen molar-refractivity contribution in [2.45, 2.75) is 13.5 Å². The number of hydrogen-bond donors (Lipinski definition) is 2. The van der Waals surface area contributed by atoms with Gasteiger partial charge >= 0.3 is 5.97 Å². The fraction of sp³-hybridized carbons (Fsp3) is 0.0833. The molecule has 0 saturated carbocycles. The first-order valence-corrected chi connectivity index (χ1v) is 10.0. The molecule has 0 aliphatic heterocycles. The van der Waals surface area contributed by atoms with Crippen molar-refractivity contribution in [1.29, 1.82) is 0 Å². The van der Waals surface area contributed by atoms with E-state index in [9.17, 15) is 14.7 Å². The number of amides is 1. The molecule has 3 aromatic carbocycles. The van der Waals surface area contributed by atoms with E-state index in [1.807, 2.05) is 25.1 Å². The molecule has 152 valence electrons. The second-order valence-corrected chi connectivity index (χ2v) is 7.50. The summed E-state index contributed by atoms with van der Waals surface area (Å²) in [7, 11) is 0. The van der Waals surface area contributed by atoms with Crippen LogP contribution >= 0.6 is 15.9 Å². The standard InChI is InChI=1S/C24H20BrNO4/c1-16-5-4-6-18(13-16)15-30-19-11-9-17(10-12-19)14-22(24(28)29)26-23(27)20-7-2-3-8-21(20)25/h2-14H,15H2,1H3,(H,26,27)(H,28,29)/b22-14+. The van der Waals surface area contributed by atoms with E-state index in [1.54, 1.807) is 48.5 Å². The average Bonchev–Trinajstić information content (AvgIpc) is 2.73. The van der Waals surface area contributed by atoms with Gasteiger partial charge in [0.1, 0.15) is 18.1 Å². The Morgan fingerprint density at radius 3 is 2.43 bits per heavy atom. The summed E-state index contributed by atoms with van der Waals surface area (Å²) >= 11 is 3.29. The number of halogens is 1. The van der Waals surface area contributed by atoms with Gasteiger partial charge < -0.3 is 15.2 Å². The van der Waals surface area contributed by atoms with Crippen LogP contribution in [0.4, 0.5) is 0 Å². The number of carbonyl (C=O) groups is 2. The van der Waals surface area contributed by atoms with E-state index in [2.05, 4.69) is 27.3 Å². The van der Waals surface area contributed by atoms with E-state index in [1.165, 1.54) is 11.6 Å². The van der Waals surface area contributed by atoms with Crippen LogP contribution in [0.5, 0.6) is 5.75 Å². The Hall–Kier alpha value is -3.38. The Morgan fingerprint density at radius 2 is 1.77 bits per heavy atom. The topological polar surface area (TPSA) is 75.6 Å². The third-order valence-electron chi connectivity index (χ3n) is 4.28. The molecule has 3 aromatic rings. The molecule has 30 heavy (non-hydrogen) atoms. The molecule has 0 heterocycles. The van der Waals surface area contributed by atoms with Gasteiger partial charge in [-0.2, -0.15) is 0 Å². The molecule has 0 aromatic heterocycles. The Morgan fingerprint density at radius 1 is 1.03 bits per heavy atom. The maximum Gasteiger partial charge on any atom is 0.352 e. The summed E-state index contributed by atoms with van der Waals surface area (Å²) in [6.07, 6.45) is 1.40. The van der Waals surface area contributed by atoms with E-state index in [-0.39, 0.29) is 5.70 Å². The third-order valence-corrected chi connectivity index (χ3v) is 4.97. The molecule has 0 radical (unpaired) electrons. The number of aryl methyl sites for hydroxylation is 1. The number of carbonyl (C=O) groups excluding carboxylic acids is 1. The minimum absolute atomic E-state index is 0.218. The van der Waals surface area contributed by atoms with Crippen LogP contribution in [0.2, 0.25) is 0 Å². The fourth-order valence-electron chi connectivity index (χ4n) is 2.78. The van der Waals surface area contributed by atoms with Crippen molar-refractivity contribution < 1.29 is 19.4 Å². The van der Waals surface area contributed by atoms with Crippen molar-refractivity contribution in [3.05, 3.63) is 105 Å². The monoisotopic (exact) mass is 465 g/mol. The van der Waals surface area contributed by atoms with Gasteiger partial charge in [0.25, 0.3) is 5.91 Å². The van der Waals surface area contributed by atoms with Crippen LogP contribution in [0.15, 0.2) is 83.0 Å². The van der Waals surface area contributed by atoms with E-state index in [4.69, 9.17) is 4.74 Å². The zero-order valence-electron chi connectivity index (χ0n) is 16.3. The molecule has 0 fully saturated rings. The number of rotatable bonds is 7. The summed E-state index contributed by atoms with van der Waals surface area (Å²) in [5, 5.41) is 11.9. The van der Waals surface area contributed by atoms with Gasteiger partial charge in [-0.1, -0.05) is 54.1 Å². The molecule has 2 N–H and O–H groups in total. The van der Waals surface area contributed by atoms with Gasteiger partial charge in [0.05, 0.1) is 5.56 Å². The highest BCUT2D eigenvalue weighted by Gasteiger charge is 2.15. The summed E-state index contributed by atoms with van der Waals surface area (Å²) in [5.74, 6) is -1.06. The maximum atomic E-state index is 12.4. The van der Waals surface area contributed by atoms with Crippen LogP contribution in [-0.2, 0) is 11.4 Å². The van der Waals surface area contributed by atoms with E-state index in [0.29, 0.717) is 28.0 Å². The molecule has 0 saturated heterocycles. The summed E-state index contributed by atoms with van der Waals surface area (Å²) in [6, 6.07) is 21.9. The largest absolute Gasteiger partial charge is 0.489 e. The Labute approximate surface area is 183 Å². The average molecular weight is 466 g/mol. The number of benzene rings is 3. The molecular formula is C24H20BrNO4. The second kappa shape index (κ2) is 9.89. The Balaban J connectivity index is 1.69. The number of nitrogens with one attached hydrogen (secondary N) is 1. The van der Waals surface area contributed by atoms with Gasteiger partial charge in [-0.3, -0.25) is 4.79 Å². The zero-order chi connectivity index (χ0) is 21.5. The minimum Gasteiger partial charge on any atom is -0.489 e. The molecule has 0 spiro atoms. The lowest BCUT2D eigenvalue weighted by molar-refractivity contribution is -0.132. The van der Waals surface area contributed by atoms with Crippen molar-refractivity contribution in [3.8, 4) is 5.75 Å². The molecule has 3 rings (SSSR count). The molecule has 0 atom stereocenters. The van der Waals surface area contributed by atoms with Crippen LogP contribution in [0.1, 0.15) is 27.0 Å². The van der Waals surface area contributed by atoms with Crippen LogP contribution in [0, 0.1) is 6.92 Å².